The Labute approximate surface area is 193 Å². The molecular weight excluding hydrogens is 418 g/mol. The lowest BCUT2D eigenvalue weighted by atomic mass is 10.2. The highest BCUT2D eigenvalue weighted by Gasteiger charge is 2.14. The van der Waals surface area contributed by atoms with Crippen molar-refractivity contribution in [3.8, 4) is 5.75 Å². The second-order valence-electron chi connectivity index (χ2n) is 7.56. The highest BCUT2D eigenvalue weighted by Crippen LogP contribution is 2.22. The van der Waals surface area contributed by atoms with Crippen LogP contribution in [0.2, 0.25) is 0 Å². The van der Waals surface area contributed by atoms with E-state index in [0.717, 1.165) is 41.7 Å². The third-order valence-electron chi connectivity index (χ3n) is 5.13. The zero-order valence-corrected chi connectivity index (χ0v) is 18.7. The summed E-state index contributed by atoms with van der Waals surface area (Å²) >= 11 is 0. The van der Waals surface area contributed by atoms with Crippen molar-refractivity contribution in [3.05, 3.63) is 72.1 Å². The molecule has 8 nitrogen and oxygen atoms in total. The Balaban J connectivity index is 1.35. The van der Waals surface area contributed by atoms with E-state index in [1.807, 2.05) is 61.5 Å². The first-order valence-electron chi connectivity index (χ1n) is 10.8. The summed E-state index contributed by atoms with van der Waals surface area (Å²) in [5, 5.41) is 6.18. The first-order valence-corrected chi connectivity index (χ1v) is 10.8. The van der Waals surface area contributed by atoms with Gasteiger partial charge in [0, 0.05) is 36.6 Å². The minimum Gasteiger partial charge on any atom is -0.497 e. The van der Waals surface area contributed by atoms with Crippen LogP contribution in [0.4, 0.5) is 23.0 Å². The van der Waals surface area contributed by atoms with Crippen LogP contribution < -0.4 is 20.3 Å². The van der Waals surface area contributed by atoms with E-state index in [4.69, 9.17) is 9.47 Å². The van der Waals surface area contributed by atoms with Crippen molar-refractivity contribution in [1.82, 2.24) is 9.97 Å². The first kappa shape index (κ1) is 22.3. The molecule has 33 heavy (non-hydrogen) atoms. The number of methoxy groups -OCH3 is 1. The summed E-state index contributed by atoms with van der Waals surface area (Å²) in [7, 11) is 1.62. The van der Waals surface area contributed by atoms with Crippen LogP contribution in [0.5, 0.6) is 5.75 Å². The molecule has 0 radical (unpaired) electrons. The Hall–Kier alpha value is -3.91. The van der Waals surface area contributed by atoms with Gasteiger partial charge in [-0.15, -0.1) is 0 Å². The number of nitrogens with one attached hydrogen (secondary N) is 2. The van der Waals surface area contributed by atoms with E-state index in [1.165, 1.54) is 6.08 Å². The summed E-state index contributed by atoms with van der Waals surface area (Å²) in [5.41, 5.74) is 2.49. The van der Waals surface area contributed by atoms with Crippen molar-refractivity contribution in [1.29, 1.82) is 0 Å². The predicted molar refractivity (Wildman–Crippen MR) is 130 cm³/mol. The lowest BCUT2D eigenvalue weighted by molar-refractivity contribution is -0.111. The monoisotopic (exact) mass is 445 g/mol. The van der Waals surface area contributed by atoms with Gasteiger partial charge in [-0.25, -0.2) is 9.97 Å². The molecule has 0 atom stereocenters. The number of amides is 1. The molecule has 4 rings (SSSR count). The van der Waals surface area contributed by atoms with Gasteiger partial charge in [0.1, 0.15) is 23.2 Å². The van der Waals surface area contributed by atoms with Gasteiger partial charge in [0.05, 0.1) is 20.3 Å². The Morgan fingerprint density at radius 1 is 1.03 bits per heavy atom. The number of carbonyl (C=O) groups excluding carboxylic acids is 1. The van der Waals surface area contributed by atoms with Crippen LogP contribution >= 0.6 is 0 Å². The molecule has 1 aliphatic rings. The third kappa shape index (κ3) is 6.30. The first-order chi connectivity index (χ1) is 16.1. The SMILES string of the molecule is COc1ccc(/C=C/C(=O)Nc2ccc(Nc3cc(N4CCOCC4)nc(C)n3)cc2)cc1. The molecule has 2 N–H and O–H groups in total. The van der Waals surface area contributed by atoms with Crippen LogP contribution in [0.1, 0.15) is 11.4 Å². The van der Waals surface area contributed by atoms with Crippen LogP contribution in [0.15, 0.2) is 60.7 Å². The van der Waals surface area contributed by atoms with E-state index in [2.05, 4.69) is 25.5 Å². The molecule has 1 aliphatic heterocycles. The zero-order chi connectivity index (χ0) is 23.0. The summed E-state index contributed by atoms with van der Waals surface area (Å²) < 4.78 is 10.6. The quantitative estimate of drug-likeness (QED) is 0.531. The number of anilines is 4. The summed E-state index contributed by atoms with van der Waals surface area (Å²) in [6.07, 6.45) is 3.26. The minimum absolute atomic E-state index is 0.201. The lowest BCUT2D eigenvalue weighted by Gasteiger charge is -2.28. The number of ether oxygens (including phenoxy) is 2. The standard InChI is InChI=1S/C25H27N5O3/c1-18-26-23(17-24(27-18)30-13-15-33-16-14-30)28-20-6-8-21(9-7-20)29-25(31)12-5-19-3-10-22(32-2)11-4-19/h3-12,17H,13-16H2,1-2H3,(H,29,31)(H,26,27,28)/b12-5+. The van der Waals surface area contributed by atoms with E-state index in [-0.39, 0.29) is 5.91 Å². The number of aryl methyl sites for hydroxylation is 1. The van der Waals surface area contributed by atoms with Gasteiger partial charge in [0.25, 0.3) is 0 Å². The summed E-state index contributed by atoms with van der Waals surface area (Å²) in [4.78, 5) is 23.5. The molecule has 0 unspecified atom stereocenters. The molecule has 2 aromatic carbocycles. The number of aromatic nitrogens is 2. The summed E-state index contributed by atoms with van der Waals surface area (Å²) in [5.74, 6) is 2.89. The van der Waals surface area contributed by atoms with Crippen molar-refractivity contribution in [2.75, 3.05) is 48.9 Å². The highest BCUT2D eigenvalue weighted by atomic mass is 16.5. The van der Waals surface area contributed by atoms with Gasteiger partial charge in [0.2, 0.25) is 5.91 Å². The van der Waals surface area contributed by atoms with Crippen LogP contribution in [-0.2, 0) is 9.53 Å². The van der Waals surface area contributed by atoms with Crippen LogP contribution in [-0.4, -0.2) is 49.3 Å². The average molecular weight is 446 g/mol. The normalized spacial score (nSPS) is 13.7. The Morgan fingerprint density at radius 3 is 2.42 bits per heavy atom. The molecule has 1 amide bonds. The third-order valence-corrected chi connectivity index (χ3v) is 5.13. The molecule has 0 saturated carbocycles. The molecule has 2 heterocycles. The van der Waals surface area contributed by atoms with Crippen LogP contribution in [0.25, 0.3) is 6.08 Å². The van der Waals surface area contributed by atoms with E-state index in [9.17, 15) is 4.79 Å². The number of morpholine rings is 1. The molecule has 8 heteroatoms. The second kappa shape index (κ2) is 10.6. The van der Waals surface area contributed by atoms with E-state index in [0.29, 0.717) is 24.7 Å². The number of benzene rings is 2. The Bertz CT molecular complexity index is 1110. The molecule has 0 spiro atoms. The van der Waals surface area contributed by atoms with Crippen molar-refractivity contribution in [2.45, 2.75) is 6.92 Å². The van der Waals surface area contributed by atoms with Gasteiger partial charge in [-0.1, -0.05) is 12.1 Å². The second-order valence-corrected chi connectivity index (χ2v) is 7.56. The van der Waals surface area contributed by atoms with E-state index < -0.39 is 0 Å². The maximum absolute atomic E-state index is 12.2. The molecule has 1 aromatic heterocycles. The number of carbonyl (C=O) groups is 1. The number of rotatable bonds is 7. The summed E-state index contributed by atoms with van der Waals surface area (Å²) in [6.45, 7) is 4.92. The van der Waals surface area contributed by atoms with Crippen molar-refractivity contribution < 1.29 is 14.3 Å². The predicted octanol–water partition coefficient (Wildman–Crippen LogP) is 4.03. The van der Waals surface area contributed by atoms with Gasteiger partial charge in [-0.3, -0.25) is 4.79 Å². The maximum Gasteiger partial charge on any atom is 0.248 e. The fraction of sp³-hybridized carbons (Fsp3) is 0.240. The average Bonchev–Trinajstić information content (AvgIpc) is 2.84. The van der Waals surface area contributed by atoms with Gasteiger partial charge >= 0.3 is 0 Å². The number of hydrogen-bond donors (Lipinski definition) is 2. The van der Waals surface area contributed by atoms with E-state index >= 15 is 0 Å². The van der Waals surface area contributed by atoms with Crippen molar-refractivity contribution >= 4 is 35.0 Å². The topological polar surface area (TPSA) is 88.6 Å². The lowest BCUT2D eigenvalue weighted by Crippen LogP contribution is -2.36. The molecule has 1 fully saturated rings. The van der Waals surface area contributed by atoms with Gasteiger partial charge in [0.15, 0.2) is 0 Å². The number of nitrogens with zero attached hydrogens (tertiary/aromatic N) is 3. The smallest absolute Gasteiger partial charge is 0.248 e. The molecular formula is C25H27N5O3. The molecule has 3 aromatic rings. The van der Waals surface area contributed by atoms with Gasteiger partial charge in [-0.05, 0) is 55.0 Å². The fourth-order valence-electron chi connectivity index (χ4n) is 3.43. The fourth-order valence-corrected chi connectivity index (χ4v) is 3.43. The Kier molecular flexibility index (Phi) is 7.16. The van der Waals surface area contributed by atoms with Gasteiger partial charge in [-0.2, -0.15) is 0 Å². The zero-order valence-electron chi connectivity index (χ0n) is 18.7. The molecule has 1 saturated heterocycles. The molecule has 170 valence electrons. The molecule has 0 bridgehead atoms. The molecule has 0 aliphatic carbocycles. The van der Waals surface area contributed by atoms with Crippen LogP contribution in [0, 0.1) is 6.92 Å². The largest absolute Gasteiger partial charge is 0.497 e. The van der Waals surface area contributed by atoms with Gasteiger partial charge < -0.3 is 25.0 Å². The van der Waals surface area contributed by atoms with Crippen LogP contribution in [0.3, 0.4) is 0 Å². The summed E-state index contributed by atoms with van der Waals surface area (Å²) in [6, 6.07) is 16.9. The van der Waals surface area contributed by atoms with E-state index in [1.54, 1.807) is 13.2 Å². The minimum atomic E-state index is -0.201. The number of hydrogen-bond acceptors (Lipinski definition) is 7. The Morgan fingerprint density at radius 2 is 1.73 bits per heavy atom. The maximum atomic E-state index is 12.2. The van der Waals surface area contributed by atoms with Crippen molar-refractivity contribution in [2.24, 2.45) is 0 Å². The van der Waals surface area contributed by atoms with Crippen molar-refractivity contribution in [3.63, 3.8) is 0 Å². The highest BCUT2D eigenvalue weighted by molar-refractivity contribution is 6.02.